The average molecular weight is 359 g/mol. The molecule has 0 bridgehead atoms. The fourth-order valence-electron chi connectivity index (χ4n) is 3.11. The maximum Gasteiger partial charge on any atom is 0.293 e. The smallest absolute Gasteiger partial charge is 0.293 e. The first-order valence-electron chi connectivity index (χ1n) is 9.05. The van der Waals surface area contributed by atoms with Gasteiger partial charge in [0.15, 0.2) is 5.82 Å². The first kappa shape index (κ1) is 18.5. The lowest BCUT2D eigenvalue weighted by Gasteiger charge is -2.33. The molecule has 7 heteroatoms. The Hall–Kier alpha value is -2.25. The molecule has 26 heavy (non-hydrogen) atoms. The summed E-state index contributed by atoms with van der Waals surface area (Å²) >= 11 is 0. The fourth-order valence-corrected chi connectivity index (χ4v) is 3.11. The van der Waals surface area contributed by atoms with Gasteiger partial charge >= 0.3 is 0 Å². The van der Waals surface area contributed by atoms with Gasteiger partial charge in [0.25, 0.3) is 5.56 Å². The number of benzene rings is 1. The van der Waals surface area contributed by atoms with Crippen LogP contribution in [0.4, 0.5) is 10.2 Å². The minimum atomic E-state index is -0.280. The normalized spacial score (nSPS) is 15.4. The number of piperazine rings is 1. The lowest BCUT2D eigenvalue weighted by Crippen LogP contribution is -2.47. The van der Waals surface area contributed by atoms with E-state index in [2.05, 4.69) is 21.8 Å². The molecule has 0 saturated carbocycles. The van der Waals surface area contributed by atoms with Gasteiger partial charge in [0.05, 0.1) is 12.2 Å². The first-order valence-corrected chi connectivity index (χ1v) is 9.05. The summed E-state index contributed by atoms with van der Waals surface area (Å²) in [6, 6.07) is 6.24. The molecule has 2 aromatic rings. The summed E-state index contributed by atoms with van der Waals surface area (Å²) in [4.78, 5) is 21.9. The number of anilines is 1. The third-order valence-electron chi connectivity index (χ3n) is 4.71. The summed E-state index contributed by atoms with van der Waals surface area (Å²) in [6.07, 6.45) is 3.37. The van der Waals surface area contributed by atoms with E-state index in [0.29, 0.717) is 18.9 Å². The highest BCUT2D eigenvalue weighted by Crippen LogP contribution is 2.12. The van der Waals surface area contributed by atoms with E-state index in [-0.39, 0.29) is 11.4 Å². The van der Waals surface area contributed by atoms with Crippen LogP contribution < -0.4 is 16.2 Å². The predicted octanol–water partition coefficient (Wildman–Crippen LogP) is 1.07. The van der Waals surface area contributed by atoms with E-state index in [1.165, 1.54) is 12.1 Å². The van der Waals surface area contributed by atoms with Crippen molar-refractivity contribution in [1.29, 1.82) is 0 Å². The Bertz CT molecular complexity index is 782. The molecule has 0 aliphatic carbocycles. The minimum absolute atomic E-state index is 0.102. The zero-order valence-corrected chi connectivity index (χ0v) is 15.2. The van der Waals surface area contributed by atoms with Gasteiger partial charge < -0.3 is 20.1 Å². The van der Waals surface area contributed by atoms with Gasteiger partial charge in [-0.25, -0.2) is 9.37 Å². The molecule has 3 rings (SSSR count). The number of hydrogen-bond acceptors (Lipinski definition) is 5. The highest BCUT2D eigenvalue weighted by Gasteiger charge is 2.20. The molecule has 6 nitrogen and oxygen atoms in total. The van der Waals surface area contributed by atoms with E-state index in [4.69, 9.17) is 5.73 Å². The Balaban J connectivity index is 1.92. The van der Waals surface area contributed by atoms with Crippen molar-refractivity contribution in [3.63, 3.8) is 0 Å². The van der Waals surface area contributed by atoms with Crippen LogP contribution in [0.15, 0.2) is 35.3 Å². The monoisotopic (exact) mass is 359 g/mol. The highest BCUT2D eigenvalue weighted by molar-refractivity contribution is 5.38. The standard InChI is InChI=1S/C19H26FN5O/c1-23-9-11-24(12-10-23)18-19(26)25(14-17(22-18)3-2-8-21)13-15-4-6-16(20)7-5-15/h4-7,14H,2-3,8-13,21H2,1H3. The second kappa shape index (κ2) is 8.42. The Morgan fingerprint density at radius 1 is 1.15 bits per heavy atom. The molecule has 140 valence electrons. The van der Waals surface area contributed by atoms with Gasteiger partial charge in [0.2, 0.25) is 0 Å². The van der Waals surface area contributed by atoms with E-state index in [1.807, 2.05) is 0 Å². The van der Waals surface area contributed by atoms with Crippen molar-refractivity contribution in [1.82, 2.24) is 14.5 Å². The molecule has 1 saturated heterocycles. The van der Waals surface area contributed by atoms with Crippen LogP contribution in [0.3, 0.4) is 0 Å². The van der Waals surface area contributed by atoms with E-state index >= 15 is 0 Å². The van der Waals surface area contributed by atoms with E-state index in [1.54, 1.807) is 22.9 Å². The molecule has 2 N–H and O–H groups in total. The molecule has 1 aliphatic rings. The quantitative estimate of drug-likeness (QED) is 0.836. The molecule has 0 atom stereocenters. The van der Waals surface area contributed by atoms with Gasteiger partial charge in [-0.05, 0) is 44.1 Å². The van der Waals surface area contributed by atoms with Crippen molar-refractivity contribution in [3.8, 4) is 0 Å². The zero-order valence-electron chi connectivity index (χ0n) is 15.2. The Morgan fingerprint density at radius 2 is 1.85 bits per heavy atom. The molecule has 0 amide bonds. The number of nitrogens with zero attached hydrogens (tertiary/aromatic N) is 4. The van der Waals surface area contributed by atoms with Crippen molar-refractivity contribution in [3.05, 3.63) is 57.9 Å². The summed E-state index contributed by atoms with van der Waals surface area (Å²) in [7, 11) is 2.08. The van der Waals surface area contributed by atoms with Crippen molar-refractivity contribution in [2.75, 3.05) is 44.7 Å². The number of hydrogen-bond donors (Lipinski definition) is 1. The summed E-state index contributed by atoms with van der Waals surface area (Å²) in [5.74, 6) is 0.229. The molecule has 0 unspecified atom stereocenters. The third kappa shape index (κ3) is 4.47. The van der Waals surface area contributed by atoms with Crippen LogP contribution >= 0.6 is 0 Å². The van der Waals surface area contributed by atoms with Crippen molar-refractivity contribution >= 4 is 5.82 Å². The number of halogens is 1. The fraction of sp³-hybridized carbons (Fsp3) is 0.474. The predicted molar refractivity (Wildman–Crippen MR) is 101 cm³/mol. The summed E-state index contributed by atoms with van der Waals surface area (Å²) in [5, 5.41) is 0. The molecule has 2 heterocycles. The largest absolute Gasteiger partial charge is 0.349 e. The van der Waals surface area contributed by atoms with Crippen LogP contribution in [-0.4, -0.2) is 54.2 Å². The van der Waals surface area contributed by atoms with Gasteiger partial charge in [-0.1, -0.05) is 12.1 Å². The number of nitrogens with two attached hydrogens (primary N) is 1. The van der Waals surface area contributed by atoms with Crippen molar-refractivity contribution < 1.29 is 4.39 Å². The second-order valence-corrected chi connectivity index (χ2v) is 6.80. The topological polar surface area (TPSA) is 67.4 Å². The van der Waals surface area contributed by atoms with Crippen molar-refractivity contribution in [2.45, 2.75) is 19.4 Å². The first-order chi connectivity index (χ1) is 12.6. The van der Waals surface area contributed by atoms with Crippen LogP contribution in [0.2, 0.25) is 0 Å². The van der Waals surface area contributed by atoms with Crippen LogP contribution in [-0.2, 0) is 13.0 Å². The molecule has 1 aromatic heterocycles. The molecule has 1 fully saturated rings. The average Bonchev–Trinajstić information content (AvgIpc) is 2.65. The minimum Gasteiger partial charge on any atom is -0.349 e. The Kier molecular flexibility index (Phi) is 6.00. The lowest BCUT2D eigenvalue weighted by atomic mass is 10.2. The molecule has 1 aliphatic heterocycles. The van der Waals surface area contributed by atoms with E-state index in [0.717, 1.165) is 50.3 Å². The third-order valence-corrected chi connectivity index (χ3v) is 4.71. The van der Waals surface area contributed by atoms with E-state index in [9.17, 15) is 9.18 Å². The summed E-state index contributed by atoms with van der Waals surface area (Å²) in [6.45, 7) is 4.38. The van der Waals surface area contributed by atoms with Crippen LogP contribution in [0.5, 0.6) is 0 Å². The Labute approximate surface area is 153 Å². The van der Waals surface area contributed by atoms with Gasteiger partial charge in [0, 0.05) is 32.4 Å². The van der Waals surface area contributed by atoms with Crippen LogP contribution in [0, 0.1) is 5.82 Å². The van der Waals surface area contributed by atoms with Crippen LogP contribution in [0.25, 0.3) is 0 Å². The second-order valence-electron chi connectivity index (χ2n) is 6.80. The maximum absolute atomic E-state index is 13.1. The molecule has 0 radical (unpaired) electrons. The lowest BCUT2D eigenvalue weighted by molar-refractivity contribution is 0.311. The van der Waals surface area contributed by atoms with Gasteiger partial charge in [0.1, 0.15) is 5.82 Å². The van der Waals surface area contributed by atoms with Crippen molar-refractivity contribution in [2.24, 2.45) is 5.73 Å². The molecule has 0 spiro atoms. The molecule has 1 aromatic carbocycles. The number of aryl methyl sites for hydroxylation is 1. The van der Waals surface area contributed by atoms with Gasteiger partial charge in [-0.2, -0.15) is 0 Å². The SMILES string of the molecule is CN1CCN(c2nc(CCCN)cn(Cc3ccc(F)cc3)c2=O)CC1. The highest BCUT2D eigenvalue weighted by atomic mass is 19.1. The van der Waals surface area contributed by atoms with Gasteiger partial charge in [-0.3, -0.25) is 4.79 Å². The summed E-state index contributed by atoms with van der Waals surface area (Å²) < 4.78 is 14.8. The number of aromatic nitrogens is 2. The number of rotatable bonds is 6. The Morgan fingerprint density at radius 3 is 2.50 bits per heavy atom. The summed E-state index contributed by atoms with van der Waals surface area (Å²) in [5.41, 5.74) is 7.28. The maximum atomic E-state index is 13.1. The van der Waals surface area contributed by atoms with Gasteiger partial charge in [-0.15, -0.1) is 0 Å². The van der Waals surface area contributed by atoms with Crippen LogP contribution in [0.1, 0.15) is 17.7 Å². The molecular formula is C19H26FN5O. The number of likely N-dealkylation sites (N-methyl/N-ethyl adjacent to an activating group) is 1. The molecular weight excluding hydrogens is 333 g/mol. The zero-order chi connectivity index (χ0) is 18.5. The van der Waals surface area contributed by atoms with E-state index < -0.39 is 0 Å².